The van der Waals surface area contributed by atoms with Gasteiger partial charge in [-0.3, -0.25) is 4.79 Å². The van der Waals surface area contributed by atoms with Crippen molar-refractivity contribution < 1.29 is 36.0 Å². The van der Waals surface area contributed by atoms with Crippen LogP contribution in [0.2, 0.25) is 0 Å². The molecule has 9 nitrogen and oxygen atoms in total. The number of pyridine rings is 1. The lowest BCUT2D eigenvalue weighted by molar-refractivity contribution is 0.102. The Morgan fingerprint density at radius 1 is 1.13 bits per heavy atom. The number of hydrogen-bond acceptors (Lipinski definition) is 8. The Bertz CT molecular complexity index is 1130. The minimum absolute atomic E-state index is 0.0104. The monoisotopic (exact) mass is 453 g/mol. The first-order chi connectivity index (χ1) is 14.8. The number of nitrogens with one attached hydrogen (secondary N) is 1. The van der Waals surface area contributed by atoms with Gasteiger partial charge in [-0.1, -0.05) is 5.16 Å². The van der Waals surface area contributed by atoms with Gasteiger partial charge in [0.1, 0.15) is 36.9 Å². The molecule has 0 aliphatic carbocycles. The summed E-state index contributed by atoms with van der Waals surface area (Å²) in [6.45, 7) is -2.14. The summed E-state index contributed by atoms with van der Waals surface area (Å²) in [7, 11) is -3.49. The zero-order valence-corrected chi connectivity index (χ0v) is 16.9. The highest BCUT2D eigenvalue weighted by atomic mass is 32.2. The molecule has 0 saturated heterocycles. The molecule has 1 aromatic carbocycles. The lowest BCUT2D eigenvalue weighted by atomic mass is 10.2. The van der Waals surface area contributed by atoms with Gasteiger partial charge in [0.15, 0.2) is 26.8 Å². The predicted molar refractivity (Wildman–Crippen MR) is 105 cm³/mol. The molecule has 0 aliphatic heterocycles. The number of amides is 1. The molecule has 0 atom stereocenters. The van der Waals surface area contributed by atoms with Crippen LogP contribution in [0, 0.1) is 0 Å². The molecular formula is C19H17F2N3O6S. The van der Waals surface area contributed by atoms with Crippen molar-refractivity contribution in [3.05, 3.63) is 54.4 Å². The van der Waals surface area contributed by atoms with E-state index in [0.717, 1.165) is 6.26 Å². The fraction of sp³-hybridized carbons (Fsp3) is 0.211. The van der Waals surface area contributed by atoms with E-state index in [4.69, 9.17) is 9.47 Å². The minimum atomic E-state index is -3.49. The fourth-order valence-electron chi connectivity index (χ4n) is 2.37. The van der Waals surface area contributed by atoms with Crippen LogP contribution < -0.4 is 14.8 Å². The first-order valence-electron chi connectivity index (χ1n) is 8.78. The Kier molecular flexibility index (Phi) is 6.80. The summed E-state index contributed by atoms with van der Waals surface area (Å²) < 4.78 is 64.3. The van der Waals surface area contributed by atoms with Gasteiger partial charge in [-0.2, -0.15) is 0 Å². The van der Waals surface area contributed by atoms with Crippen LogP contribution >= 0.6 is 0 Å². The van der Waals surface area contributed by atoms with Crippen molar-refractivity contribution in [3.8, 4) is 17.2 Å². The lowest BCUT2D eigenvalue weighted by Gasteiger charge is -2.15. The average Bonchev–Trinajstić information content (AvgIpc) is 3.24. The molecule has 1 amide bonds. The third-order valence-corrected chi connectivity index (χ3v) is 4.79. The van der Waals surface area contributed by atoms with E-state index in [9.17, 15) is 22.0 Å². The van der Waals surface area contributed by atoms with Crippen molar-refractivity contribution in [2.24, 2.45) is 0 Å². The second-order valence-corrected chi connectivity index (χ2v) is 8.25. The molecule has 0 unspecified atom stereocenters. The SMILES string of the molecule is CS(=O)(=O)c1ccc(Oc2cc(OC(CF)CF)cc(C(=O)Nc3ccon3)c2)cn1. The zero-order valence-electron chi connectivity index (χ0n) is 16.1. The number of ether oxygens (including phenoxy) is 2. The molecule has 12 heteroatoms. The number of nitrogens with zero attached hydrogens (tertiary/aromatic N) is 2. The molecule has 3 aromatic rings. The fourth-order valence-corrected chi connectivity index (χ4v) is 2.93. The summed E-state index contributed by atoms with van der Waals surface area (Å²) in [5.74, 6) is -0.200. The minimum Gasteiger partial charge on any atom is -0.485 e. The van der Waals surface area contributed by atoms with Crippen molar-refractivity contribution >= 4 is 21.6 Å². The van der Waals surface area contributed by atoms with E-state index >= 15 is 0 Å². The number of benzene rings is 1. The topological polar surface area (TPSA) is 121 Å². The second kappa shape index (κ2) is 9.51. The number of hydrogen-bond donors (Lipinski definition) is 1. The Morgan fingerprint density at radius 2 is 1.87 bits per heavy atom. The molecule has 164 valence electrons. The Labute approximate surface area is 175 Å². The van der Waals surface area contributed by atoms with Crippen LogP contribution in [0.4, 0.5) is 14.6 Å². The molecule has 0 aliphatic rings. The van der Waals surface area contributed by atoms with Crippen LogP contribution in [0.15, 0.2) is 58.4 Å². The number of carbonyl (C=O) groups is 1. The van der Waals surface area contributed by atoms with E-state index in [1.807, 2.05) is 0 Å². The van der Waals surface area contributed by atoms with Gasteiger partial charge in [-0.05, 0) is 24.3 Å². The number of aromatic nitrogens is 2. The highest BCUT2D eigenvalue weighted by molar-refractivity contribution is 7.90. The van der Waals surface area contributed by atoms with Gasteiger partial charge in [0, 0.05) is 24.0 Å². The Balaban J connectivity index is 1.89. The smallest absolute Gasteiger partial charge is 0.257 e. The summed E-state index contributed by atoms with van der Waals surface area (Å²) in [6, 6.07) is 8.02. The van der Waals surface area contributed by atoms with E-state index in [2.05, 4.69) is 20.0 Å². The summed E-state index contributed by atoms with van der Waals surface area (Å²) in [6.07, 6.45) is 2.12. The highest BCUT2D eigenvalue weighted by Crippen LogP contribution is 2.29. The zero-order chi connectivity index (χ0) is 22.4. The molecule has 0 radical (unpaired) electrons. The Morgan fingerprint density at radius 3 is 2.45 bits per heavy atom. The predicted octanol–water partition coefficient (Wildman–Crippen LogP) is 3.20. The van der Waals surface area contributed by atoms with Gasteiger partial charge in [0.2, 0.25) is 0 Å². The number of halogens is 2. The molecule has 1 N–H and O–H groups in total. The average molecular weight is 453 g/mol. The van der Waals surface area contributed by atoms with E-state index in [1.165, 1.54) is 48.9 Å². The quantitative estimate of drug-likeness (QED) is 0.524. The molecule has 2 heterocycles. The van der Waals surface area contributed by atoms with Crippen LogP contribution in [0.25, 0.3) is 0 Å². The third-order valence-electron chi connectivity index (χ3n) is 3.79. The van der Waals surface area contributed by atoms with Crippen LogP contribution in [0.1, 0.15) is 10.4 Å². The maximum absolute atomic E-state index is 12.9. The summed E-state index contributed by atoms with van der Waals surface area (Å²) >= 11 is 0. The summed E-state index contributed by atoms with van der Waals surface area (Å²) in [5, 5.41) is 5.91. The Hall–Kier alpha value is -3.54. The van der Waals surface area contributed by atoms with E-state index in [0.29, 0.717) is 0 Å². The van der Waals surface area contributed by atoms with Crippen molar-refractivity contribution in [2.75, 3.05) is 24.9 Å². The second-order valence-electron chi connectivity index (χ2n) is 6.29. The number of rotatable bonds is 9. The number of anilines is 1. The normalized spacial score (nSPS) is 11.4. The maximum Gasteiger partial charge on any atom is 0.257 e. The van der Waals surface area contributed by atoms with Crippen LogP contribution in [-0.4, -0.2) is 50.2 Å². The number of carbonyl (C=O) groups excluding carboxylic acids is 1. The van der Waals surface area contributed by atoms with Crippen LogP contribution in [0.3, 0.4) is 0 Å². The highest BCUT2D eigenvalue weighted by Gasteiger charge is 2.16. The number of alkyl halides is 2. The number of sulfone groups is 1. The van der Waals surface area contributed by atoms with E-state index in [-0.39, 0.29) is 33.7 Å². The first kappa shape index (κ1) is 22.2. The molecule has 3 rings (SSSR count). The molecule has 2 aromatic heterocycles. The van der Waals surface area contributed by atoms with Crippen molar-refractivity contribution in [1.29, 1.82) is 0 Å². The molecule has 0 fully saturated rings. The third kappa shape index (κ3) is 5.98. The van der Waals surface area contributed by atoms with Gasteiger partial charge >= 0.3 is 0 Å². The maximum atomic E-state index is 12.9. The van der Waals surface area contributed by atoms with Gasteiger partial charge in [-0.25, -0.2) is 22.2 Å². The first-order valence-corrected chi connectivity index (χ1v) is 10.7. The lowest BCUT2D eigenvalue weighted by Crippen LogP contribution is -2.21. The van der Waals surface area contributed by atoms with Crippen molar-refractivity contribution in [1.82, 2.24) is 10.1 Å². The van der Waals surface area contributed by atoms with Crippen molar-refractivity contribution in [3.63, 3.8) is 0 Å². The molecule has 0 bridgehead atoms. The van der Waals surface area contributed by atoms with E-state index < -0.39 is 35.2 Å². The largest absolute Gasteiger partial charge is 0.485 e. The summed E-state index contributed by atoms with van der Waals surface area (Å²) in [4.78, 5) is 16.3. The van der Waals surface area contributed by atoms with Crippen LogP contribution in [-0.2, 0) is 9.84 Å². The molecule has 0 saturated carbocycles. The molecule has 0 spiro atoms. The van der Waals surface area contributed by atoms with Gasteiger partial charge in [0.05, 0.1) is 6.20 Å². The molecular weight excluding hydrogens is 436 g/mol. The van der Waals surface area contributed by atoms with Crippen LogP contribution in [0.5, 0.6) is 17.2 Å². The van der Waals surface area contributed by atoms with Gasteiger partial charge < -0.3 is 19.3 Å². The van der Waals surface area contributed by atoms with Gasteiger partial charge in [0.25, 0.3) is 5.91 Å². The van der Waals surface area contributed by atoms with Crippen molar-refractivity contribution in [2.45, 2.75) is 11.1 Å². The van der Waals surface area contributed by atoms with Gasteiger partial charge in [-0.15, -0.1) is 0 Å². The molecule has 31 heavy (non-hydrogen) atoms. The van der Waals surface area contributed by atoms with E-state index in [1.54, 1.807) is 0 Å². The summed E-state index contributed by atoms with van der Waals surface area (Å²) in [5.41, 5.74) is 0.0488. The standard InChI is InChI=1S/C19H17F2N3O6S/c1-31(26,27)18-3-2-13(11-22-18)29-14-6-12(19(25)23-17-4-5-28-24-17)7-15(8-14)30-16(9-20)10-21/h2-8,11,16H,9-10H2,1H3,(H,23,24,25).